The summed E-state index contributed by atoms with van der Waals surface area (Å²) in [6.45, 7) is 2.14. The van der Waals surface area contributed by atoms with E-state index in [-0.39, 0.29) is 5.91 Å². The van der Waals surface area contributed by atoms with Gasteiger partial charge in [0.05, 0.1) is 0 Å². The van der Waals surface area contributed by atoms with Crippen LogP contribution in [-0.4, -0.2) is 10.9 Å². The minimum atomic E-state index is -0.355. The molecule has 1 heterocycles. The van der Waals surface area contributed by atoms with E-state index in [9.17, 15) is 4.79 Å². The Morgan fingerprint density at radius 1 is 1.57 bits per heavy atom. The molecule has 1 aromatic rings. The number of amides is 1. The predicted molar refractivity (Wildman–Crippen MR) is 54.5 cm³/mol. The van der Waals surface area contributed by atoms with Gasteiger partial charge in [0, 0.05) is 6.20 Å². The molecule has 0 aliphatic rings. The summed E-state index contributed by atoms with van der Waals surface area (Å²) < 4.78 is 0. The smallest absolute Gasteiger partial charge is 0.283 e. The van der Waals surface area contributed by atoms with Gasteiger partial charge < -0.3 is 0 Å². The van der Waals surface area contributed by atoms with Crippen LogP contribution in [0.25, 0.3) is 0 Å². The molecule has 4 heteroatoms. The van der Waals surface area contributed by atoms with Crippen LogP contribution in [0.15, 0.2) is 18.3 Å². The van der Waals surface area contributed by atoms with Gasteiger partial charge in [-0.3, -0.25) is 15.2 Å². The number of hydrogen-bond donors (Lipinski definition) is 2. The fourth-order valence-corrected chi connectivity index (χ4v) is 1.16. The van der Waals surface area contributed by atoms with Crippen LogP contribution < -0.4 is 11.3 Å². The fourth-order valence-electron chi connectivity index (χ4n) is 1.16. The van der Waals surface area contributed by atoms with E-state index in [0.717, 1.165) is 24.8 Å². The molecule has 1 amide bonds. The van der Waals surface area contributed by atoms with Crippen molar-refractivity contribution in [2.75, 3.05) is 0 Å². The Kier molecular flexibility index (Phi) is 4.07. The molecule has 4 nitrogen and oxygen atoms in total. The largest absolute Gasteiger partial charge is 0.289 e. The third kappa shape index (κ3) is 2.81. The fraction of sp³-hybridized carbons (Fsp3) is 0.400. The Bertz CT molecular complexity index is 295. The normalized spacial score (nSPS) is 9.86. The van der Waals surface area contributed by atoms with E-state index >= 15 is 0 Å². The van der Waals surface area contributed by atoms with Crippen LogP contribution in [0, 0.1) is 0 Å². The number of aryl methyl sites for hydroxylation is 1. The molecular weight excluding hydrogens is 178 g/mol. The molecule has 0 aliphatic heterocycles. The maximum absolute atomic E-state index is 11.0. The minimum absolute atomic E-state index is 0.354. The minimum Gasteiger partial charge on any atom is -0.289 e. The first-order valence-corrected chi connectivity index (χ1v) is 4.73. The average molecular weight is 193 g/mol. The Morgan fingerprint density at radius 2 is 2.36 bits per heavy atom. The number of hydrogen-bond acceptors (Lipinski definition) is 3. The number of pyridine rings is 1. The van der Waals surface area contributed by atoms with Crippen LogP contribution in [0.1, 0.15) is 35.8 Å². The number of hydrazine groups is 1. The number of carbonyl (C=O) groups excluding carboxylic acids is 1. The first-order chi connectivity index (χ1) is 6.77. The van der Waals surface area contributed by atoms with Crippen molar-refractivity contribution in [3.63, 3.8) is 0 Å². The molecule has 0 fully saturated rings. The SMILES string of the molecule is CCCCc1ccc(C(=O)NN)nc1. The van der Waals surface area contributed by atoms with E-state index < -0.39 is 0 Å². The van der Waals surface area contributed by atoms with Crippen molar-refractivity contribution in [1.82, 2.24) is 10.4 Å². The number of unbranched alkanes of at least 4 members (excludes halogenated alkanes) is 1. The van der Waals surface area contributed by atoms with Gasteiger partial charge >= 0.3 is 0 Å². The van der Waals surface area contributed by atoms with E-state index in [1.807, 2.05) is 11.5 Å². The van der Waals surface area contributed by atoms with Gasteiger partial charge in [-0.1, -0.05) is 19.4 Å². The highest BCUT2D eigenvalue weighted by molar-refractivity contribution is 5.91. The van der Waals surface area contributed by atoms with Gasteiger partial charge in [0.1, 0.15) is 5.69 Å². The summed E-state index contributed by atoms with van der Waals surface area (Å²) in [5.74, 6) is 4.63. The number of nitrogens with two attached hydrogens (primary N) is 1. The third-order valence-electron chi connectivity index (χ3n) is 2.01. The lowest BCUT2D eigenvalue weighted by Gasteiger charge is -2.01. The molecule has 0 unspecified atom stereocenters. The molecule has 1 rings (SSSR count). The van der Waals surface area contributed by atoms with Gasteiger partial charge in [0.2, 0.25) is 0 Å². The molecule has 0 spiro atoms. The van der Waals surface area contributed by atoms with Crippen molar-refractivity contribution in [1.29, 1.82) is 0 Å². The molecule has 3 N–H and O–H groups in total. The Labute approximate surface area is 83.5 Å². The summed E-state index contributed by atoms with van der Waals surface area (Å²) in [5.41, 5.74) is 3.55. The lowest BCUT2D eigenvalue weighted by atomic mass is 10.1. The molecule has 0 saturated heterocycles. The molecule has 0 atom stereocenters. The van der Waals surface area contributed by atoms with Gasteiger partial charge in [-0.2, -0.15) is 0 Å². The summed E-state index contributed by atoms with van der Waals surface area (Å²) >= 11 is 0. The second kappa shape index (κ2) is 5.34. The van der Waals surface area contributed by atoms with E-state index in [0.29, 0.717) is 5.69 Å². The van der Waals surface area contributed by atoms with Gasteiger partial charge in [-0.25, -0.2) is 5.84 Å². The van der Waals surface area contributed by atoms with Crippen molar-refractivity contribution < 1.29 is 4.79 Å². The number of nitrogen functional groups attached to an aromatic ring is 1. The van der Waals surface area contributed by atoms with Gasteiger partial charge in [-0.15, -0.1) is 0 Å². The van der Waals surface area contributed by atoms with Crippen LogP contribution in [-0.2, 0) is 6.42 Å². The number of carbonyl (C=O) groups is 1. The van der Waals surface area contributed by atoms with Crippen LogP contribution in [0.5, 0.6) is 0 Å². The first kappa shape index (κ1) is 10.7. The number of nitrogens with zero attached hydrogens (tertiary/aromatic N) is 1. The highest BCUT2D eigenvalue weighted by Crippen LogP contribution is 2.04. The third-order valence-corrected chi connectivity index (χ3v) is 2.01. The van der Waals surface area contributed by atoms with Gasteiger partial charge in [0.15, 0.2) is 0 Å². The Hall–Kier alpha value is -1.42. The maximum atomic E-state index is 11.0. The number of nitrogens with one attached hydrogen (secondary N) is 1. The predicted octanol–water partition coefficient (Wildman–Crippen LogP) is 1.03. The molecule has 0 saturated carbocycles. The maximum Gasteiger partial charge on any atom is 0.283 e. The zero-order valence-electron chi connectivity index (χ0n) is 8.29. The highest BCUT2D eigenvalue weighted by atomic mass is 16.2. The molecule has 0 aromatic carbocycles. The van der Waals surface area contributed by atoms with Crippen molar-refractivity contribution in [3.05, 3.63) is 29.6 Å². The molecular formula is C10H15N3O. The molecule has 0 radical (unpaired) electrons. The number of aromatic nitrogens is 1. The van der Waals surface area contributed by atoms with Crippen molar-refractivity contribution >= 4 is 5.91 Å². The average Bonchev–Trinajstić information content (AvgIpc) is 2.26. The van der Waals surface area contributed by atoms with Crippen LogP contribution in [0.4, 0.5) is 0 Å². The second-order valence-electron chi connectivity index (χ2n) is 3.13. The molecule has 14 heavy (non-hydrogen) atoms. The lowest BCUT2D eigenvalue weighted by molar-refractivity contribution is 0.0948. The van der Waals surface area contributed by atoms with Crippen LogP contribution >= 0.6 is 0 Å². The summed E-state index contributed by atoms with van der Waals surface area (Å²) in [4.78, 5) is 15.1. The van der Waals surface area contributed by atoms with Crippen molar-refractivity contribution in [2.45, 2.75) is 26.2 Å². The quantitative estimate of drug-likeness (QED) is 0.426. The van der Waals surface area contributed by atoms with Gasteiger partial charge in [0.25, 0.3) is 5.91 Å². The van der Waals surface area contributed by atoms with Gasteiger partial charge in [-0.05, 0) is 24.5 Å². The number of rotatable bonds is 4. The van der Waals surface area contributed by atoms with Crippen molar-refractivity contribution in [3.8, 4) is 0 Å². The molecule has 0 bridgehead atoms. The van der Waals surface area contributed by atoms with Crippen molar-refractivity contribution in [2.24, 2.45) is 5.84 Å². The standard InChI is InChI=1S/C10H15N3O/c1-2-3-4-8-5-6-9(12-7-8)10(14)13-11/h5-7H,2-4,11H2,1H3,(H,13,14). The van der Waals surface area contributed by atoms with E-state index in [2.05, 4.69) is 11.9 Å². The summed E-state index contributed by atoms with van der Waals surface area (Å²) in [6, 6.07) is 3.60. The molecule has 1 aromatic heterocycles. The lowest BCUT2D eigenvalue weighted by Crippen LogP contribution is -2.30. The topological polar surface area (TPSA) is 68.0 Å². The molecule has 0 aliphatic carbocycles. The zero-order chi connectivity index (χ0) is 10.4. The Balaban J connectivity index is 2.63. The first-order valence-electron chi connectivity index (χ1n) is 4.73. The monoisotopic (exact) mass is 193 g/mol. The van der Waals surface area contributed by atoms with Crippen LogP contribution in [0.2, 0.25) is 0 Å². The zero-order valence-corrected chi connectivity index (χ0v) is 8.29. The van der Waals surface area contributed by atoms with E-state index in [1.54, 1.807) is 12.3 Å². The second-order valence-corrected chi connectivity index (χ2v) is 3.13. The summed E-state index contributed by atoms with van der Waals surface area (Å²) in [6.07, 6.45) is 5.03. The van der Waals surface area contributed by atoms with E-state index in [1.165, 1.54) is 0 Å². The summed E-state index contributed by atoms with van der Waals surface area (Å²) in [5, 5.41) is 0. The Morgan fingerprint density at radius 3 is 2.86 bits per heavy atom. The van der Waals surface area contributed by atoms with E-state index in [4.69, 9.17) is 5.84 Å². The molecule has 76 valence electrons. The summed E-state index contributed by atoms with van der Waals surface area (Å²) in [7, 11) is 0. The van der Waals surface area contributed by atoms with Crippen LogP contribution in [0.3, 0.4) is 0 Å². The highest BCUT2D eigenvalue weighted by Gasteiger charge is 2.03.